The molecule has 9 heteroatoms. The van der Waals surface area contributed by atoms with E-state index in [1.54, 1.807) is 0 Å². The van der Waals surface area contributed by atoms with Crippen LogP contribution >= 0.6 is 0 Å². The average molecular weight is 298 g/mol. The number of amides is 2. The van der Waals surface area contributed by atoms with Crippen molar-refractivity contribution in [3.63, 3.8) is 0 Å². The van der Waals surface area contributed by atoms with Crippen LogP contribution in [0, 0.1) is 0 Å². The molecule has 20 heavy (non-hydrogen) atoms. The lowest BCUT2D eigenvalue weighted by Crippen LogP contribution is -2.51. The van der Waals surface area contributed by atoms with Crippen molar-refractivity contribution in [3.8, 4) is 0 Å². The van der Waals surface area contributed by atoms with Crippen molar-refractivity contribution < 1.29 is 32.2 Å². The number of rotatable bonds is 5. The number of carbonyl (C=O) groups is 2. The maximum Gasteiger partial charge on any atom is 0.411 e. The molecule has 1 fully saturated rings. The summed E-state index contributed by atoms with van der Waals surface area (Å²) in [7, 11) is 0. The first-order chi connectivity index (χ1) is 9.29. The molecule has 2 amide bonds. The minimum atomic E-state index is -4.48. The molecule has 0 aromatic rings. The summed E-state index contributed by atoms with van der Waals surface area (Å²) in [5.41, 5.74) is 0. The van der Waals surface area contributed by atoms with E-state index in [9.17, 15) is 22.8 Å². The summed E-state index contributed by atoms with van der Waals surface area (Å²) in [6.07, 6.45) is -4.48. The van der Waals surface area contributed by atoms with Crippen LogP contribution in [-0.2, 0) is 19.1 Å². The van der Waals surface area contributed by atoms with Crippen LogP contribution < -0.4 is 5.32 Å². The van der Waals surface area contributed by atoms with Crippen LogP contribution in [0.4, 0.5) is 13.2 Å². The second-order valence-electron chi connectivity index (χ2n) is 4.33. The first-order valence-electron chi connectivity index (χ1n) is 6.10. The second-order valence-corrected chi connectivity index (χ2v) is 4.33. The first-order valence-corrected chi connectivity index (χ1v) is 6.10. The average Bonchev–Trinajstić information content (AvgIpc) is 2.37. The maximum atomic E-state index is 11.9. The van der Waals surface area contributed by atoms with Crippen molar-refractivity contribution in [1.29, 1.82) is 0 Å². The van der Waals surface area contributed by atoms with Crippen LogP contribution in [0.15, 0.2) is 0 Å². The van der Waals surface area contributed by atoms with Gasteiger partial charge >= 0.3 is 6.18 Å². The van der Waals surface area contributed by atoms with Crippen molar-refractivity contribution in [3.05, 3.63) is 0 Å². The number of hydrogen-bond donors (Lipinski definition) is 1. The van der Waals surface area contributed by atoms with E-state index >= 15 is 0 Å². The molecule has 1 saturated heterocycles. The molecule has 1 heterocycles. The van der Waals surface area contributed by atoms with E-state index < -0.39 is 31.3 Å². The predicted molar refractivity (Wildman–Crippen MR) is 61.9 cm³/mol. The standard InChI is InChI=1S/C11H17F3N2O4/c1-8(10(18)16-2-4-19-5-3-16)15-9(17)6-20-7-11(12,13)14/h8H,2-7H2,1H3,(H,15,17). The Balaban J connectivity index is 2.28. The van der Waals surface area contributed by atoms with Gasteiger partial charge in [-0.3, -0.25) is 9.59 Å². The zero-order valence-corrected chi connectivity index (χ0v) is 11.0. The molecule has 6 nitrogen and oxygen atoms in total. The van der Waals surface area contributed by atoms with Gasteiger partial charge in [0.15, 0.2) is 0 Å². The zero-order chi connectivity index (χ0) is 15.2. The van der Waals surface area contributed by atoms with Gasteiger partial charge in [0.25, 0.3) is 0 Å². The molecule has 0 aromatic carbocycles. The third-order valence-corrected chi connectivity index (χ3v) is 2.57. The largest absolute Gasteiger partial charge is 0.411 e. The summed E-state index contributed by atoms with van der Waals surface area (Å²) >= 11 is 0. The summed E-state index contributed by atoms with van der Waals surface area (Å²) < 4.78 is 44.7. The normalized spacial score (nSPS) is 17.7. The van der Waals surface area contributed by atoms with Gasteiger partial charge < -0.3 is 19.7 Å². The molecule has 0 radical (unpaired) electrons. The SMILES string of the molecule is CC(NC(=O)COCC(F)(F)F)C(=O)N1CCOCC1. The van der Waals surface area contributed by atoms with Crippen molar-refractivity contribution in [2.45, 2.75) is 19.1 Å². The summed E-state index contributed by atoms with van der Waals surface area (Å²) in [5, 5.41) is 2.30. The number of hydrogen-bond acceptors (Lipinski definition) is 4. The van der Waals surface area contributed by atoms with E-state index in [2.05, 4.69) is 10.1 Å². The molecule has 1 N–H and O–H groups in total. The fourth-order valence-corrected chi connectivity index (χ4v) is 1.66. The monoisotopic (exact) mass is 298 g/mol. The molecule has 116 valence electrons. The third kappa shape index (κ3) is 6.20. The third-order valence-electron chi connectivity index (χ3n) is 2.57. The van der Waals surface area contributed by atoms with E-state index in [-0.39, 0.29) is 5.91 Å². The van der Waals surface area contributed by atoms with Gasteiger partial charge in [0, 0.05) is 13.1 Å². The Labute approximate surface area is 114 Å². The summed E-state index contributed by atoms with van der Waals surface area (Å²) in [6, 6.07) is -0.810. The van der Waals surface area contributed by atoms with Gasteiger partial charge in [0.1, 0.15) is 19.3 Å². The van der Waals surface area contributed by atoms with Crippen molar-refractivity contribution in [1.82, 2.24) is 10.2 Å². The molecule has 1 unspecified atom stereocenters. The number of ether oxygens (including phenoxy) is 2. The smallest absolute Gasteiger partial charge is 0.378 e. The van der Waals surface area contributed by atoms with Crippen LogP contribution in [0.25, 0.3) is 0 Å². The highest BCUT2D eigenvalue weighted by molar-refractivity contribution is 5.87. The maximum absolute atomic E-state index is 11.9. The van der Waals surface area contributed by atoms with Crippen LogP contribution in [0.5, 0.6) is 0 Å². The number of alkyl halides is 3. The minimum absolute atomic E-state index is 0.294. The summed E-state index contributed by atoms with van der Waals surface area (Å²) in [4.78, 5) is 24.8. The Hall–Kier alpha value is -1.35. The lowest BCUT2D eigenvalue weighted by atomic mass is 10.2. The van der Waals surface area contributed by atoms with Gasteiger partial charge in [-0.05, 0) is 6.92 Å². The molecular formula is C11H17F3N2O4. The highest BCUT2D eigenvalue weighted by atomic mass is 19.4. The predicted octanol–water partition coefficient (Wildman–Crippen LogP) is -0.0712. The summed E-state index contributed by atoms with van der Waals surface area (Å²) in [6.45, 7) is 0.974. The van der Waals surface area contributed by atoms with Gasteiger partial charge in [0.05, 0.1) is 13.2 Å². The lowest BCUT2D eigenvalue weighted by Gasteiger charge is -2.29. The quantitative estimate of drug-likeness (QED) is 0.771. The number of nitrogens with one attached hydrogen (secondary N) is 1. The van der Waals surface area contributed by atoms with Gasteiger partial charge in [-0.2, -0.15) is 13.2 Å². The molecule has 1 aliphatic heterocycles. The van der Waals surface area contributed by atoms with Crippen LogP contribution in [0.1, 0.15) is 6.92 Å². The Bertz CT molecular complexity index is 343. The number of nitrogens with zero attached hydrogens (tertiary/aromatic N) is 1. The highest BCUT2D eigenvalue weighted by Gasteiger charge is 2.28. The fraction of sp³-hybridized carbons (Fsp3) is 0.818. The van der Waals surface area contributed by atoms with E-state index in [1.807, 2.05) is 0 Å². The van der Waals surface area contributed by atoms with Crippen LogP contribution in [-0.4, -0.2) is 68.4 Å². The van der Waals surface area contributed by atoms with E-state index in [0.29, 0.717) is 26.3 Å². The molecule has 0 aromatic heterocycles. The van der Waals surface area contributed by atoms with Crippen molar-refractivity contribution >= 4 is 11.8 Å². The molecule has 1 atom stereocenters. The molecule has 1 aliphatic rings. The topological polar surface area (TPSA) is 67.9 Å². The molecule has 1 rings (SSSR count). The van der Waals surface area contributed by atoms with Crippen LogP contribution in [0.2, 0.25) is 0 Å². The second kappa shape index (κ2) is 7.44. The Morgan fingerprint density at radius 2 is 1.95 bits per heavy atom. The number of morpholine rings is 1. The van der Waals surface area contributed by atoms with Gasteiger partial charge in [-0.1, -0.05) is 0 Å². The fourth-order valence-electron chi connectivity index (χ4n) is 1.66. The van der Waals surface area contributed by atoms with Crippen molar-refractivity contribution in [2.24, 2.45) is 0 Å². The van der Waals surface area contributed by atoms with Gasteiger partial charge in [0.2, 0.25) is 11.8 Å². The zero-order valence-electron chi connectivity index (χ0n) is 11.0. The minimum Gasteiger partial charge on any atom is -0.378 e. The Kier molecular flexibility index (Phi) is 6.21. The summed E-state index contributed by atoms with van der Waals surface area (Å²) in [5.74, 6) is -1.05. The molecule has 0 bridgehead atoms. The van der Waals surface area contributed by atoms with E-state index in [4.69, 9.17) is 4.74 Å². The van der Waals surface area contributed by atoms with Crippen molar-refractivity contribution in [2.75, 3.05) is 39.5 Å². The molecule has 0 spiro atoms. The number of carbonyl (C=O) groups excluding carboxylic acids is 2. The van der Waals surface area contributed by atoms with Gasteiger partial charge in [-0.25, -0.2) is 0 Å². The van der Waals surface area contributed by atoms with E-state index in [0.717, 1.165) is 0 Å². The van der Waals surface area contributed by atoms with Gasteiger partial charge in [-0.15, -0.1) is 0 Å². The highest BCUT2D eigenvalue weighted by Crippen LogP contribution is 2.14. The number of halogens is 3. The van der Waals surface area contributed by atoms with E-state index in [1.165, 1.54) is 11.8 Å². The lowest BCUT2D eigenvalue weighted by molar-refractivity contribution is -0.176. The Morgan fingerprint density at radius 3 is 2.50 bits per heavy atom. The Morgan fingerprint density at radius 1 is 1.35 bits per heavy atom. The molecule has 0 aliphatic carbocycles. The molecule has 0 saturated carbocycles. The first kappa shape index (κ1) is 16.7. The molecular weight excluding hydrogens is 281 g/mol. The van der Waals surface area contributed by atoms with Crippen LogP contribution in [0.3, 0.4) is 0 Å².